The Morgan fingerprint density at radius 3 is 2.47 bits per heavy atom. The second kappa shape index (κ2) is 7.24. The number of hydrogen-bond donors (Lipinski definition) is 0. The summed E-state index contributed by atoms with van der Waals surface area (Å²) < 4.78 is 20.6. The van der Waals surface area contributed by atoms with Gasteiger partial charge in [-0.25, -0.2) is 4.39 Å². The Kier molecular flexibility index (Phi) is 4.41. The SMILES string of the molecule is O=c1c2ccccc2c(-c2nc(-c3cccc(F)c3)no2)cn1-c1ccc(Cl)cc1. The van der Waals surface area contributed by atoms with E-state index in [0.717, 1.165) is 0 Å². The van der Waals surface area contributed by atoms with Gasteiger partial charge in [0, 0.05) is 33.2 Å². The number of pyridine rings is 1. The first kappa shape index (κ1) is 18.3. The Labute approximate surface area is 175 Å². The van der Waals surface area contributed by atoms with E-state index >= 15 is 0 Å². The van der Waals surface area contributed by atoms with E-state index in [1.165, 1.54) is 16.7 Å². The molecule has 2 aromatic heterocycles. The molecule has 0 aliphatic heterocycles. The summed E-state index contributed by atoms with van der Waals surface area (Å²) in [6, 6.07) is 20.1. The van der Waals surface area contributed by atoms with Crippen LogP contribution in [0.25, 0.3) is 39.3 Å². The quantitative estimate of drug-likeness (QED) is 0.389. The van der Waals surface area contributed by atoms with Gasteiger partial charge in [0.05, 0.1) is 5.56 Å². The van der Waals surface area contributed by atoms with Gasteiger partial charge in [-0.2, -0.15) is 4.98 Å². The van der Waals surface area contributed by atoms with Gasteiger partial charge in [0.15, 0.2) is 0 Å². The van der Waals surface area contributed by atoms with Crippen LogP contribution in [-0.2, 0) is 0 Å². The van der Waals surface area contributed by atoms with E-state index in [1.807, 2.05) is 12.1 Å². The topological polar surface area (TPSA) is 60.9 Å². The van der Waals surface area contributed by atoms with Crippen molar-refractivity contribution in [2.24, 2.45) is 0 Å². The molecule has 0 saturated carbocycles. The predicted molar refractivity (Wildman–Crippen MR) is 113 cm³/mol. The summed E-state index contributed by atoms with van der Waals surface area (Å²) in [7, 11) is 0. The minimum absolute atomic E-state index is 0.179. The number of benzene rings is 3. The molecular weight excluding hydrogens is 405 g/mol. The summed E-state index contributed by atoms with van der Waals surface area (Å²) in [5.74, 6) is 0.103. The van der Waals surface area contributed by atoms with Crippen LogP contribution in [0.3, 0.4) is 0 Å². The van der Waals surface area contributed by atoms with Gasteiger partial charge in [-0.3, -0.25) is 9.36 Å². The monoisotopic (exact) mass is 417 g/mol. The van der Waals surface area contributed by atoms with Gasteiger partial charge >= 0.3 is 0 Å². The average molecular weight is 418 g/mol. The Bertz CT molecular complexity index is 1440. The maximum absolute atomic E-state index is 13.6. The third-order valence-corrected chi connectivity index (χ3v) is 5.02. The van der Waals surface area contributed by atoms with Crippen molar-refractivity contribution in [1.82, 2.24) is 14.7 Å². The molecule has 146 valence electrons. The summed E-state index contributed by atoms with van der Waals surface area (Å²) in [4.78, 5) is 17.5. The van der Waals surface area contributed by atoms with Crippen molar-refractivity contribution in [2.45, 2.75) is 0 Å². The van der Waals surface area contributed by atoms with Crippen molar-refractivity contribution in [3.05, 3.63) is 100 Å². The van der Waals surface area contributed by atoms with E-state index < -0.39 is 0 Å². The van der Waals surface area contributed by atoms with Gasteiger partial charge in [-0.1, -0.05) is 47.1 Å². The summed E-state index contributed by atoms with van der Waals surface area (Å²) in [5.41, 5.74) is 1.57. The highest BCUT2D eigenvalue weighted by Crippen LogP contribution is 2.28. The second-order valence-electron chi connectivity index (χ2n) is 6.67. The summed E-state index contributed by atoms with van der Waals surface area (Å²) >= 11 is 5.99. The first-order valence-electron chi connectivity index (χ1n) is 9.10. The highest BCUT2D eigenvalue weighted by Gasteiger charge is 2.17. The van der Waals surface area contributed by atoms with Crippen molar-refractivity contribution in [3.8, 4) is 28.5 Å². The zero-order valence-corrected chi connectivity index (χ0v) is 16.2. The Hall–Kier alpha value is -3.77. The molecule has 0 radical (unpaired) electrons. The minimum Gasteiger partial charge on any atom is -0.334 e. The zero-order chi connectivity index (χ0) is 20.7. The molecule has 0 N–H and O–H groups in total. The van der Waals surface area contributed by atoms with Crippen molar-refractivity contribution in [1.29, 1.82) is 0 Å². The molecule has 5 rings (SSSR count). The van der Waals surface area contributed by atoms with E-state index in [-0.39, 0.29) is 23.1 Å². The molecule has 3 aromatic carbocycles. The van der Waals surface area contributed by atoms with Gasteiger partial charge in [0.25, 0.3) is 11.4 Å². The summed E-state index contributed by atoms with van der Waals surface area (Å²) in [5, 5.41) is 5.76. The lowest BCUT2D eigenvalue weighted by Crippen LogP contribution is -2.18. The third-order valence-electron chi connectivity index (χ3n) is 4.77. The minimum atomic E-state index is -0.388. The van der Waals surface area contributed by atoms with Crippen LogP contribution < -0.4 is 5.56 Å². The van der Waals surface area contributed by atoms with Crippen LogP contribution in [0.2, 0.25) is 5.02 Å². The molecule has 2 heterocycles. The largest absolute Gasteiger partial charge is 0.334 e. The predicted octanol–water partition coefficient (Wildman–Crippen LogP) is 5.50. The summed E-state index contributed by atoms with van der Waals surface area (Å²) in [6.07, 6.45) is 1.66. The third kappa shape index (κ3) is 3.17. The molecule has 0 fully saturated rings. The molecule has 0 unspecified atom stereocenters. The van der Waals surface area contributed by atoms with Crippen LogP contribution in [0.15, 0.2) is 88.3 Å². The number of fused-ring (bicyclic) bond motifs is 1. The molecule has 7 heteroatoms. The molecule has 5 nitrogen and oxygen atoms in total. The smallest absolute Gasteiger partial charge is 0.262 e. The molecule has 0 spiro atoms. The van der Waals surface area contributed by atoms with Crippen LogP contribution >= 0.6 is 11.6 Å². The molecule has 30 heavy (non-hydrogen) atoms. The Morgan fingerprint density at radius 2 is 1.70 bits per heavy atom. The number of rotatable bonds is 3. The molecule has 5 aromatic rings. The van der Waals surface area contributed by atoms with Crippen molar-refractivity contribution in [3.63, 3.8) is 0 Å². The maximum atomic E-state index is 13.6. The average Bonchev–Trinajstić information content (AvgIpc) is 3.25. The number of aromatic nitrogens is 3. The molecule has 0 amide bonds. The fraction of sp³-hybridized carbons (Fsp3) is 0. The lowest BCUT2D eigenvalue weighted by molar-refractivity contribution is 0.432. The van der Waals surface area contributed by atoms with E-state index in [4.69, 9.17) is 16.1 Å². The van der Waals surface area contributed by atoms with E-state index in [0.29, 0.717) is 32.6 Å². The highest BCUT2D eigenvalue weighted by molar-refractivity contribution is 6.30. The van der Waals surface area contributed by atoms with Crippen LogP contribution in [0.4, 0.5) is 4.39 Å². The first-order valence-corrected chi connectivity index (χ1v) is 9.48. The second-order valence-corrected chi connectivity index (χ2v) is 7.11. The van der Waals surface area contributed by atoms with Crippen LogP contribution in [-0.4, -0.2) is 14.7 Å². The van der Waals surface area contributed by atoms with Crippen LogP contribution in [0.1, 0.15) is 0 Å². The molecular formula is C23H13ClFN3O2. The van der Waals surface area contributed by atoms with Gasteiger partial charge in [-0.15, -0.1) is 0 Å². The highest BCUT2D eigenvalue weighted by atomic mass is 35.5. The normalized spacial score (nSPS) is 11.1. The number of hydrogen-bond acceptors (Lipinski definition) is 4. The molecule has 0 aliphatic carbocycles. The number of nitrogens with zero attached hydrogens (tertiary/aromatic N) is 3. The van der Waals surface area contributed by atoms with Crippen molar-refractivity contribution in [2.75, 3.05) is 0 Å². The lowest BCUT2D eigenvalue weighted by Gasteiger charge is -2.10. The van der Waals surface area contributed by atoms with Gasteiger partial charge < -0.3 is 4.52 Å². The standard InChI is InChI=1S/C23H13ClFN3O2/c24-15-8-10-17(11-9-15)28-13-20(18-6-1-2-7-19(18)23(28)29)22-26-21(27-30-22)14-4-3-5-16(25)12-14/h1-13H. The molecule has 0 atom stereocenters. The maximum Gasteiger partial charge on any atom is 0.262 e. The van der Waals surface area contributed by atoms with Gasteiger partial charge in [0.2, 0.25) is 5.82 Å². The fourth-order valence-electron chi connectivity index (χ4n) is 3.33. The summed E-state index contributed by atoms with van der Waals surface area (Å²) in [6.45, 7) is 0. The van der Waals surface area contributed by atoms with Crippen molar-refractivity contribution < 1.29 is 8.91 Å². The Balaban J connectivity index is 1.72. The van der Waals surface area contributed by atoms with E-state index in [1.54, 1.807) is 54.7 Å². The fourth-order valence-corrected chi connectivity index (χ4v) is 3.46. The van der Waals surface area contributed by atoms with Crippen LogP contribution in [0.5, 0.6) is 0 Å². The van der Waals surface area contributed by atoms with E-state index in [2.05, 4.69) is 10.1 Å². The molecule has 0 bridgehead atoms. The molecule has 0 saturated heterocycles. The van der Waals surface area contributed by atoms with Gasteiger partial charge in [0.1, 0.15) is 5.82 Å². The van der Waals surface area contributed by atoms with Gasteiger partial charge in [-0.05, 0) is 42.5 Å². The van der Waals surface area contributed by atoms with Crippen LogP contribution in [0, 0.1) is 5.82 Å². The lowest BCUT2D eigenvalue weighted by atomic mass is 10.1. The number of halogens is 2. The zero-order valence-electron chi connectivity index (χ0n) is 15.4. The molecule has 0 aliphatic rings. The first-order chi connectivity index (χ1) is 14.6. The van der Waals surface area contributed by atoms with E-state index in [9.17, 15) is 9.18 Å². The van der Waals surface area contributed by atoms with Crippen molar-refractivity contribution >= 4 is 22.4 Å². The Morgan fingerprint density at radius 1 is 0.933 bits per heavy atom.